The van der Waals surface area contributed by atoms with Gasteiger partial charge in [-0.15, -0.1) is 0 Å². The maximum absolute atomic E-state index is 12.9. The lowest BCUT2D eigenvalue weighted by molar-refractivity contribution is -0.138. The van der Waals surface area contributed by atoms with Crippen LogP contribution in [0.5, 0.6) is 0 Å². The summed E-state index contributed by atoms with van der Waals surface area (Å²) in [6, 6.07) is 1.66. The van der Waals surface area contributed by atoms with E-state index in [1.807, 2.05) is 0 Å². The van der Waals surface area contributed by atoms with E-state index in [4.69, 9.17) is 5.84 Å². The lowest BCUT2D eigenvalue weighted by Crippen LogP contribution is -2.29. The van der Waals surface area contributed by atoms with Crippen LogP contribution in [0, 0.1) is 5.82 Å². The number of benzene rings is 1. The van der Waals surface area contributed by atoms with Gasteiger partial charge in [-0.05, 0) is 30.2 Å². The Kier molecular flexibility index (Phi) is 3.88. The van der Waals surface area contributed by atoms with Crippen LogP contribution in [0.15, 0.2) is 18.2 Å². The van der Waals surface area contributed by atoms with Gasteiger partial charge in [0.05, 0.1) is 5.56 Å². The van der Waals surface area contributed by atoms with Gasteiger partial charge in [-0.1, -0.05) is 6.92 Å². The van der Waals surface area contributed by atoms with Crippen molar-refractivity contribution in [2.45, 2.75) is 25.6 Å². The summed E-state index contributed by atoms with van der Waals surface area (Å²) in [5.74, 6) is 4.43. The predicted octanol–water partition coefficient (Wildman–Crippen LogP) is 2.76. The van der Waals surface area contributed by atoms with E-state index in [1.165, 1.54) is 0 Å². The third-order valence-electron chi connectivity index (χ3n) is 2.30. The quantitative estimate of drug-likeness (QED) is 0.481. The Labute approximate surface area is 90.4 Å². The first kappa shape index (κ1) is 12.9. The topological polar surface area (TPSA) is 38.0 Å². The second kappa shape index (κ2) is 4.80. The Balaban J connectivity index is 3.28. The highest BCUT2D eigenvalue weighted by atomic mass is 19.4. The molecule has 0 amide bonds. The second-order valence-corrected chi connectivity index (χ2v) is 3.36. The van der Waals surface area contributed by atoms with Gasteiger partial charge in [-0.3, -0.25) is 11.3 Å². The normalized spacial score (nSPS) is 13.9. The summed E-state index contributed by atoms with van der Waals surface area (Å²) in [7, 11) is 0. The lowest BCUT2D eigenvalue weighted by Gasteiger charge is -2.19. The fraction of sp³-hybridized carbons (Fsp3) is 0.400. The minimum atomic E-state index is -4.51. The molecule has 0 saturated carbocycles. The van der Waals surface area contributed by atoms with Crippen molar-refractivity contribution in [3.63, 3.8) is 0 Å². The zero-order valence-corrected chi connectivity index (χ0v) is 8.61. The average Bonchev–Trinajstić information content (AvgIpc) is 2.17. The fourth-order valence-electron chi connectivity index (χ4n) is 1.51. The van der Waals surface area contributed by atoms with Crippen LogP contribution in [-0.4, -0.2) is 0 Å². The van der Waals surface area contributed by atoms with Crippen LogP contribution in [0.2, 0.25) is 0 Å². The van der Waals surface area contributed by atoms with Crippen molar-refractivity contribution in [2.24, 2.45) is 5.84 Å². The van der Waals surface area contributed by atoms with E-state index in [1.54, 1.807) is 6.92 Å². The summed E-state index contributed by atoms with van der Waals surface area (Å²) in [6.45, 7) is 1.66. The van der Waals surface area contributed by atoms with Gasteiger partial charge in [0.2, 0.25) is 0 Å². The van der Waals surface area contributed by atoms with Crippen LogP contribution >= 0.6 is 0 Å². The lowest BCUT2D eigenvalue weighted by atomic mass is 9.98. The molecule has 0 aliphatic heterocycles. The molecular weight excluding hydrogens is 224 g/mol. The predicted molar refractivity (Wildman–Crippen MR) is 51.8 cm³/mol. The molecule has 0 saturated heterocycles. The first-order valence-corrected chi connectivity index (χ1v) is 4.73. The highest BCUT2D eigenvalue weighted by Crippen LogP contribution is 2.35. The van der Waals surface area contributed by atoms with Crippen molar-refractivity contribution in [2.75, 3.05) is 0 Å². The zero-order chi connectivity index (χ0) is 12.3. The summed E-state index contributed by atoms with van der Waals surface area (Å²) in [5, 5.41) is 0. The van der Waals surface area contributed by atoms with E-state index in [0.717, 1.165) is 18.2 Å². The van der Waals surface area contributed by atoms with E-state index in [0.29, 0.717) is 6.42 Å². The molecule has 1 aromatic rings. The number of hydrogen-bond donors (Lipinski definition) is 2. The Morgan fingerprint density at radius 2 is 2.00 bits per heavy atom. The first-order valence-electron chi connectivity index (χ1n) is 4.73. The van der Waals surface area contributed by atoms with Gasteiger partial charge in [0.1, 0.15) is 5.82 Å². The van der Waals surface area contributed by atoms with Gasteiger partial charge in [0, 0.05) is 6.04 Å². The van der Waals surface area contributed by atoms with Crippen molar-refractivity contribution >= 4 is 0 Å². The highest BCUT2D eigenvalue weighted by molar-refractivity contribution is 5.33. The molecule has 3 N–H and O–H groups in total. The van der Waals surface area contributed by atoms with Gasteiger partial charge in [-0.25, -0.2) is 4.39 Å². The molecular formula is C10H12F4N2. The van der Waals surface area contributed by atoms with Crippen LogP contribution in [0.25, 0.3) is 0 Å². The molecule has 0 aromatic heterocycles. The first-order chi connectivity index (χ1) is 7.40. The molecule has 0 spiro atoms. The van der Waals surface area contributed by atoms with Crippen LogP contribution in [0.3, 0.4) is 0 Å². The summed E-state index contributed by atoms with van der Waals surface area (Å²) >= 11 is 0. The molecule has 6 heteroatoms. The minimum Gasteiger partial charge on any atom is -0.271 e. The smallest absolute Gasteiger partial charge is 0.271 e. The average molecular weight is 236 g/mol. The molecule has 0 aliphatic rings. The number of nitrogens with one attached hydrogen (secondary N) is 1. The van der Waals surface area contributed by atoms with Gasteiger partial charge < -0.3 is 0 Å². The van der Waals surface area contributed by atoms with Crippen molar-refractivity contribution in [3.8, 4) is 0 Å². The van der Waals surface area contributed by atoms with Gasteiger partial charge in [0.15, 0.2) is 0 Å². The molecule has 0 fully saturated rings. The van der Waals surface area contributed by atoms with E-state index >= 15 is 0 Å². The number of hydrazine groups is 1. The van der Waals surface area contributed by atoms with Crippen molar-refractivity contribution < 1.29 is 17.6 Å². The Morgan fingerprint density at radius 1 is 1.38 bits per heavy atom. The molecule has 0 radical (unpaired) electrons. The van der Waals surface area contributed by atoms with Crippen molar-refractivity contribution in [3.05, 3.63) is 35.1 Å². The summed E-state index contributed by atoms with van der Waals surface area (Å²) in [6.07, 6.45) is -4.17. The maximum atomic E-state index is 12.9. The van der Waals surface area contributed by atoms with Crippen molar-refractivity contribution in [1.29, 1.82) is 0 Å². The van der Waals surface area contributed by atoms with Gasteiger partial charge in [0.25, 0.3) is 0 Å². The standard InChI is InChI=1S/C10H12F4N2/c1-2-9(16-15)7-5-6(11)3-4-8(7)10(12,13)14/h3-5,9,16H,2,15H2,1H3. The maximum Gasteiger partial charge on any atom is 0.416 e. The van der Waals surface area contributed by atoms with Crippen LogP contribution in [0.4, 0.5) is 17.6 Å². The van der Waals surface area contributed by atoms with Gasteiger partial charge in [-0.2, -0.15) is 13.2 Å². The molecule has 0 heterocycles. The minimum absolute atomic E-state index is 0.169. The number of halogens is 4. The van der Waals surface area contributed by atoms with E-state index < -0.39 is 23.6 Å². The molecule has 16 heavy (non-hydrogen) atoms. The molecule has 1 aromatic carbocycles. The van der Waals surface area contributed by atoms with Crippen LogP contribution in [0.1, 0.15) is 30.5 Å². The molecule has 1 unspecified atom stereocenters. The molecule has 0 bridgehead atoms. The highest BCUT2D eigenvalue weighted by Gasteiger charge is 2.34. The Hall–Kier alpha value is -1.14. The zero-order valence-electron chi connectivity index (χ0n) is 8.61. The molecule has 90 valence electrons. The number of hydrogen-bond acceptors (Lipinski definition) is 2. The summed E-state index contributed by atoms with van der Waals surface area (Å²) in [4.78, 5) is 0. The van der Waals surface area contributed by atoms with E-state index in [2.05, 4.69) is 5.43 Å². The van der Waals surface area contributed by atoms with E-state index in [-0.39, 0.29) is 5.56 Å². The largest absolute Gasteiger partial charge is 0.416 e. The third kappa shape index (κ3) is 2.70. The SMILES string of the molecule is CCC(NN)c1cc(F)ccc1C(F)(F)F. The fourth-order valence-corrected chi connectivity index (χ4v) is 1.51. The summed E-state index contributed by atoms with van der Waals surface area (Å²) < 4.78 is 50.8. The molecule has 1 atom stereocenters. The molecule has 0 aliphatic carbocycles. The summed E-state index contributed by atoms with van der Waals surface area (Å²) in [5.41, 5.74) is 1.21. The monoisotopic (exact) mass is 236 g/mol. The van der Waals surface area contributed by atoms with Gasteiger partial charge >= 0.3 is 6.18 Å². The molecule has 1 rings (SSSR count). The van der Waals surface area contributed by atoms with E-state index in [9.17, 15) is 17.6 Å². The van der Waals surface area contributed by atoms with Crippen LogP contribution in [-0.2, 0) is 6.18 Å². The second-order valence-electron chi connectivity index (χ2n) is 3.36. The molecule has 2 nitrogen and oxygen atoms in total. The Morgan fingerprint density at radius 3 is 2.44 bits per heavy atom. The number of rotatable bonds is 3. The number of nitrogens with two attached hydrogens (primary N) is 1. The third-order valence-corrected chi connectivity index (χ3v) is 2.30. The Bertz CT molecular complexity index is 358. The van der Waals surface area contributed by atoms with Crippen LogP contribution < -0.4 is 11.3 Å². The van der Waals surface area contributed by atoms with Crippen molar-refractivity contribution in [1.82, 2.24) is 5.43 Å². The number of alkyl halides is 3.